The fourth-order valence-corrected chi connectivity index (χ4v) is 12.0. The van der Waals surface area contributed by atoms with Crippen LogP contribution in [0.1, 0.15) is 112 Å². The lowest BCUT2D eigenvalue weighted by Crippen LogP contribution is -2.63. The number of nitrogens with one attached hydrogen (secondary N) is 3. The number of carbonyl (C=O) groups excluding carboxylic acids is 1. The summed E-state index contributed by atoms with van der Waals surface area (Å²) in [4.78, 5) is 37.2. The van der Waals surface area contributed by atoms with E-state index in [0.717, 1.165) is 69.8 Å². The van der Waals surface area contributed by atoms with Crippen LogP contribution in [-0.4, -0.2) is 90.7 Å². The molecule has 2 saturated carbocycles. The summed E-state index contributed by atoms with van der Waals surface area (Å²) >= 11 is 0. The number of aliphatic hydroxyl groups is 1. The van der Waals surface area contributed by atoms with E-state index in [0.29, 0.717) is 37.3 Å². The Morgan fingerprint density at radius 1 is 1.01 bits per heavy atom. The summed E-state index contributed by atoms with van der Waals surface area (Å²) in [7, 11) is -3.28. The molecule has 15 nitrogen and oxygen atoms in total. The molecule has 4 heterocycles. The zero-order chi connectivity index (χ0) is 47.3. The van der Waals surface area contributed by atoms with Gasteiger partial charge in [-0.1, -0.05) is 44.5 Å². The summed E-state index contributed by atoms with van der Waals surface area (Å²) in [6.45, 7) is 10.4. The van der Waals surface area contributed by atoms with Crippen molar-refractivity contribution in [2.24, 2.45) is 11.3 Å². The van der Waals surface area contributed by atoms with Crippen LogP contribution < -0.4 is 24.4 Å². The highest BCUT2D eigenvalue weighted by Gasteiger charge is 2.49. The van der Waals surface area contributed by atoms with Gasteiger partial charge in [-0.3, -0.25) is 19.8 Å². The zero-order valence-electron chi connectivity index (χ0n) is 38.5. The summed E-state index contributed by atoms with van der Waals surface area (Å²) in [5.41, 5.74) is 2.93. The van der Waals surface area contributed by atoms with Gasteiger partial charge in [0, 0.05) is 68.8 Å². The molecule has 2 atom stereocenters. The van der Waals surface area contributed by atoms with Gasteiger partial charge in [-0.15, -0.1) is 0 Å². The average molecular weight is 938 g/mol. The summed E-state index contributed by atoms with van der Waals surface area (Å²) in [5, 5.41) is 25.7. The van der Waals surface area contributed by atoms with Crippen molar-refractivity contribution in [2.45, 2.75) is 107 Å². The van der Waals surface area contributed by atoms with E-state index < -0.39 is 42.9 Å². The van der Waals surface area contributed by atoms with Crippen LogP contribution in [0.3, 0.4) is 0 Å². The standard InChI is InChI=1S/C50H60FN7O8S/c1-31(2)35-8-5-6-9-36(35)37-10-7-11-42(37)57-29-50(30-57)20-22-56(23-21-50)33-12-14-38(44(24-33)66-45-26-39-40(51)28-53-46(39)54-48(45)65-4)47(59)55-67(63,64)34-13-15-41(43(25-34)58(61)62)52-27-32-16-18-49(3,60)19-17-32/h5-6,8-9,12-15,24-26,28,31-32,37,42,52,60H,7,10-11,16-23,27,29-30H2,1-4H3,(H,53,54)(H,55,59)/t32-,37-,42-,49-/m0/s1. The number of sulfonamides is 1. The lowest BCUT2D eigenvalue weighted by molar-refractivity contribution is -0.384. The van der Waals surface area contributed by atoms with E-state index in [2.05, 4.69) is 67.9 Å². The Morgan fingerprint density at radius 3 is 2.48 bits per heavy atom. The van der Waals surface area contributed by atoms with Gasteiger partial charge in [-0.25, -0.2) is 17.5 Å². The number of nitro groups is 1. The maximum absolute atomic E-state index is 14.8. The number of halogens is 1. The van der Waals surface area contributed by atoms with Gasteiger partial charge in [0.15, 0.2) is 5.75 Å². The average Bonchev–Trinajstić information content (AvgIpc) is 3.93. The summed E-state index contributed by atoms with van der Waals surface area (Å²) in [6.07, 6.45) is 9.50. The highest BCUT2D eigenvalue weighted by Crippen LogP contribution is 2.49. The number of H-pyrrole nitrogens is 1. The maximum atomic E-state index is 14.8. The quantitative estimate of drug-likeness (QED) is 0.0611. The monoisotopic (exact) mass is 937 g/mol. The molecule has 5 aromatic rings. The van der Waals surface area contributed by atoms with E-state index in [9.17, 15) is 32.8 Å². The molecular formula is C50H60FN7O8S. The predicted molar refractivity (Wildman–Crippen MR) is 254 cm³/mol. The van der Waals surface area contributed by atoms with E-state index >= 15 is 0 Å². The van der Waals surface area contributed by atoms with Gasteiger partial charge >= 0.3 is 0 Å². The van der Waals surface area contributed by atoms with Crippen LogP contribution in [0, 0.1) is 27.3 Å². The molecular weight excluding hydrogens is 878 g/mol. The number of hydrogen-bond donors (Lipinski definition) is 4. The first-order chi connectivity index (χ1) is 32.0. The Labute approximate surface area is 390 Å². The number of nitro benzene ring substituents is 1. The number of nitrogens with zero attached hydrogens (tertiary/aromatic N) is 4. The number of amides is 1. The van der Waals surface area contributed by atoms with Crippen LogP contribution in [0.2, 0.25) is 0 Å². The van der Waals surface area contributed by atoms with Gasteiger partial charge in [-0.2, -0.15) is 4.98 Å². The molecule has 4 aliphatic rings. The lowest BCUT2D eigenvalue weighted by atomic mass is 9.70. The molecule has 17 heteroatoms. The van der Waals surface area contributed by atoms with Gasteiger partial charge in [-0.05, 0) is 117 Å². The number of methoxy groups -OCH3 is 1. The summed E-state index contributed by atoms with van der Waals surface area (Å²) in [6, 6.07) is 19.2. The molecule has 9 rings (SSSR count). The van der Waals surface area contributed by atoms with Crippen molar-refractivity contribution in [1.82, 2.24) is 19.6 Å². The Bertz CT molecular complexity index is 2770. The smallest absolute Gasteiger partial charge is 0.293 e. The molecule has 2 aliphatic carbocycles. The second-order valence-electron chi connectivity index (χ2n) is 19.8. The molecule has 4 fully saturated rings. The second-order valence-corrected chi connectivity index (χ2v) is 21.5. The predicted octanol–water partition coefficient (Wildman–Crippen LogP) is 9.24. The SMILES string of the molecule is COc1nc2[nH]cc(F)c2cc1Oc1cc(N2CCC3(CC2)CN([C@H]2CCC[C@H]2c2ccccc2C(C)C)C3)ccc1C(=O)NS(=O)(=O)c1ccc(NC[C@H]2CC[C@](C)(O)CC2)c([N+](=O)[O-])c1. The van der Waals surface area contributed by atoms with Crippen molar-refractivity contribution < 1.29 is 37.1 Å². The minimum absolute atomic E-state index is 0.00162. The molecule has 356 valence electrons. The third-order valence-electron chi connectivity index (χ3n) is 14.9. The lowest BCUT2D eigenvalue weighted by Gasteiger charge is -2.57. The Balaban J connectivity index is 0.927. The first-order valence-electron chi connectivity index (χ1n) is 23.5. The molecule has 2 aliphatic heterocycles. The van der Waals surface area contributed by atoms with Gasteiger partial charge < -0.3 is 29.8 Å². The Morgan fingerprint density at radius 2 is 1.76 bits per heavy atom. The fraction of sp³-hybridized carbons (Fsp3) is 0.480. The van der Waals surface area contributed by atoms with Crippen LogP contribution in [0.4, 0.5) is 21.5 Å². The van der Waals surface area contributed by atoms with Gasteiger partial charge in [0.05, 0.1) is 33.5 Å². The molecule has 1 spiro atoms. The minimum atomic E-state index is -4.65. The van der Waals surface area contributed by atoms with Crippen molar-refractivity contribution in [2.75, 3.05) is 50.1 Å². The van der Waals surface area contributed by atoms with E-state index in [1.807, 2.05) is 0 Å². The molecule has 0 bridgehead atoms. The van der Waals surface area contributed by atoms with Crippen LogP contribution in [0.25, 0.3) is 11.0 Å². The Hall–Kier alpha value is -5.78. The minimum Gasteiger partial charge on any atom is -0.478 e. The van der Waals surface area contributed by atoms with Gasteiger partial charge in [0.2, 0.25) is 0 Å². The number of ether oxygens (including phenoxy) is 2. The van der Waals surface area contributed by atoms with Crippen molar-refractivity contribution in [1.29, 1.82) is 0 Å². The summed E-state index contributed by atoms with van der Waals surface area (Å²) in [5.74, 6) is -0.455. The third kappa shape index (κ3) is 9.55. The zero-order valence-corrected chi connectivity index (χ0v) is 39.3. The first kappa shape index (κ1) is 46.3. The number of fused-ring (bicyclic) bond motifs is 1. The first-order valence-corrected chi connectivity index (χ1v) is 24.9. The number of aromatic nitrogens is 2. The third-order valence-corrected chi connectivity index (χ3v) is 16.2. The topological polar surface area (TPSA) is 192 Å². The van der Waals surface area contributed by atoms with Crippen LogP contribution in [0.15, 0.2) is 77.8 Å². The maximum Gasteiger partial charge on any atom is 0.293 e. The number of hydrogen-bond acceptors (Lipinski definition) is 12. The number of anilines is 2. The molecule has 1 amide bonds. The van der Waals surface area contributed by atoms with Crippen LogP contribution in [0.5, 0.6) is 17.4 Å². The van der Waals surface area contributed by atoms with Crippen molar-refractivity contribution in [3.63, 3.8) is 0 Å². The fourth-order valence-electron chi connectivity index (χ4n) is 11.0. The van der Waals surface area contributed by atoms with Gasteiger partial charge in [0.1, 0.15) is 22.9 Å². The Kier molecular flexibility index (Phi) is 12.7. The van der Waals surface area contributed by atoms with E-state index in [4.69, 9.17) is 9.47 Å². The molecule has 4 N–H and O–H groups in total. The summed E-state index contributed by atoms with van der Waals surface area (Å²) < 4.78 is 56.4. The van der Waals surface area contributed by atoms with E-state index in [1.165, 1.54) is 61.8 Å². The number of carbonyl (C=O) groups is 1. The molecule has 3 aromatic carbocycles. The number of pyridine rings is 1. The van der Waals surface area contributed by atoms with Gasteiger partial charge in [0.25, 0.3) is 27.5 Å². The van der Waals surface area contributed by atoms with Crippen molar-refractivity contribution >= 4 is 44.0 Å². The number of rotatable bonds is 14. The number of aromatic amines is 1. The largest absolute Gasteiger partial charge is 0.478 e. The van der Waals surface area contributed by atoms with Crippen LogP contribution >= 0.6 is 0 Å². The second kappa shape index (κ2) is 18.4. The van der Waals surface area contributed by atoms with E-state index in [1.54, 1.807) is 19.1 Å². The number of piperidine rings is 1. The molecule has 0 radical (unpaired) electrons. The molecule has 67 heavy (non-hydrogen) atoms. The molecule has 2 aromatic heterocycles. The van der Waals surface area contributed by atoms with Crippen molar-refractivity contribution in [3.8, 4) is 17.4 Å². The molecule has 2 saturated heterocycles. The van der Waals surface area contributed by atoms with E-state index in [-0.39, 0.29) is 51.0 Å². The molecule has 0 unspecified atom stereocenters. The highest BCUT2D eigenvalue weighted by atomic mass is 32.2. The normalized spacial score (nSPS) is 23.0. The highest BCUT2D eigenvalue weighted by molar-refractivity contribution is 7.90. The number of likely N-dealkylation sites (tertiary alicyclic amines) is 1. The van der Waals surface area contributed by atoms with Crippen LogP contribution in [-0.2, 0) is 10.0 Å². The van der Waals surface area contributed by atoms with Crippen molar-refractivity contribution in [3.05, 3.63) is 106 Å². The number of benzene rings is 3.